The number of likely N-dealkylation sites (tertiary alicyclic amines) is 1. The van der Waals surface area contributed by atoms with Gasteiger partial charge in [0, 0.05) is 12.1 Å². The van der Waals surface area contributed by atoms with Crippen LogP contribution in [0.1, 0.15) is 29.2 Å². The summed E-state index contributed by atoms with van der Waals surface area (Å²) in [5.74, 6) is -1.49. The molecule has 3 aromatic carbocycles. The summed E-state index contributed by atoms with van der Waals surface area (Å²) in [6.07, 6.45) is 0.535. The predicted octanol–water partition coefficient (Wildman–Crippen LogP) is 6.07. The van der Waals surface area contributed by atoms with Crippen molar-refractivity contribution in [1.82, 2.24) is 9.80 Å². The van der Waals surface area contributed by atoms with E-state index in [-0.39, 0.29) is 37.7 Å². The molecule has 0 radical (unpaired) electrons. The largest absolute Gasteiger partial charge is 0.469 e. The number of carbonyl (C=O) groups is 4. The molecular formula is C33H29FN4O6S. The van der Waals surface area contributed by atoms with Gasteiger partial charge in [0.15, 0.2) is 5.17 Å². The molecule has 0 aliphatic carbocycles. The van der Waals surface area contributed by atoms with Gasteiger partial charge in [0.2, 0.25) is 17.7 Å². The summed E-state index contributed by atoms with van der Waals surface area (Å²) in [5, 5.41) is 2.41. The number of ether oxygens (including phenoxy) is 2. The van der Waals surface area contributed by atoms with Crippen LogP contribution >= 0.6 is 11.8 Å². The highest BCUT2D eigenvalue weighted by atomic mass is 32.2. The first kappa shape index (κ1) is 31.2. The van der Waals surface area contributed by atoms with Gasteiger partial charge in [-0.1, -0.05) is 73.5 Å². The molecule has 0 saturated carbocycles. The fourth-order valence-electron chi connectivity index (χ4n) is 4.80. The lowest BCUT2D eigenvalue weighted by Gasteiger charge is -2.22. The Hall–Kier alpha value is -5.23. The average molecular weight is 629 g/mol. The molecule has 10 nitrogen and oxygen atoms in total. The molecule has 2 atom stereocenters. The van der Waals surface area contributed by atoms with Crippen LogP contribution in [-0.2, 0) is 30.5 Å². The minimum atomic E-state index is -1.02. The molecule has 1 N–H and O–H groups in total. The Morgan fingerprint density at radius 1 is 1.07 bits per heavy atom. The normalized spacial score (nSPS) is 18.6. The Bertz CT molecular complexity index is 1660. The van der Waals surface area contributed by atoms with Gasteiger partial charge in [0.1, 0.15) is 29.5 Å². The number of nitrogens with zero attached hydrogens (tertiary/aromatic N) is 3. The lowest BCUT2D eigenvalue weighted by Crippen LogP contribution is -2.45. The number of anilines is 1. The van der Waals surface area contributed by atoms with Crippen LogP contribution in [0.25, 0.3) is 0 Å². The molecule has 2 heterocycles. The number of hydrogen-bond donors (Lipinski definition) is 1. The lowest BCUT2D eigenvalue weighted by molar-refractivity contribution is -0.131. The molecule has 12 heteroatoms. The molecule has 5 rings (SSSR count). The second kappa shape index (κ2) is 14.0. The van der Waals surface area contributed by atoms with E-state index in [2.05, 4.69) is 23.5 Å². The molecular weight excluding hydrogens is 599 g/mol. The van der Waals surface area contributed by atoms with Crippen molar-refractivity contribution in [2.45, 2.75) is 30.7 Å². The van der Waals surface area contributed by atoms with Gasteiger partial charge >= 0.3 is 6.09 Å². The zero-order valence-corrected chi connectivity index (χ0v) is 24.9. The number of hydrogen-bond acceptors (Lipinski definition) is 8. The second-order valence-corrected chi connectivity index (χ2v) is 11.2. The summed E-state index contributed by atoms with van der Waals surface area (Å²) in [7, 11) is 0. The van der Waals surface area contributed by atoms with Crippen LogP contribution in [-0.4, -0.2) is 51.4 Å². The number of nitrogens with one attached hydrogen (secondary N) is 1. The van der Waals surface area contributed by atoms with Crippen LogP contribution in [0.3, 0.4) is 0 Å². The van der Waals surface area contributed by atoms with Crippen LogP contribution in [0.5, 0.6) is 0 Å². The molecule has 2 aliphatic rings. The highest BCUT2D eigenvalue weighted by molar-refractivity contribution is 8.15. The van der Waals surface area contributed by atoms with Gasteiger partial charge in [-0.25, -0.2) is 19.1 Å². The van der Waals surface area contributed by atoms with Crippen LogP contribution in [0.15, 0.2) is 109 Å². The number of amides is 4. The maximum atomic E-state index is 13.8. The number of thioether (sulfide) groups is 1. The number of benzene rings is 3. The molecule has 0 bridgehead atoms. The van der Waals surface area contributed by atoms with Crippen LogP contribution in [0.4, 0.5) is 20.6 Å². The number of halogens is 1. The summed E-state index contributed by atoms with van der Waals surface area (Å²) in [5.41, 5.74) is 2.14. The minimum Gasteiger partial charge on any atom is -0.469 e. The maximum Gasteiger partial charge on any atom is 0.417 e. The Labute approximate surface area is 263 Å². The predicted molar refractivity (Wildman–Crippen MR) is 168 cm³/mol. The molecule has 0 aromatic heterocycles. The third-order valence-electron chi connectivity index (χ3n) is 6.96. The first-order valence-electron chi connectivity index (χ1n) is 13.9. The van der Waals surface area contributed by atoms with Gasteiger partial charge in [-0.15, -0.1) is 0 Å². The Morgan fingerprint density at radius 2 is 1.82 bits per heavy atom. The van der Waals surface area contributed by atoms with E-state index in [1.165, 1.54) is 41.1 Å². The van der Waals surface area contributed by atoms with Gasteiger partial charge in [-0.3, -0.25) is 19.3 Å². The summed E-state index contributed by atoms with van der Waals surface area (Å²) in [4.78, 5) is 58.6. The fourth-order valence-corrected chi connectivity index (χ4v) is 5.97. The molecule has 3 aromatic rings. The van der Waals surface area contributed by atoms with Crippen molar-refractivity contribution >= 4 is 52.1 Å². The van der Waals surface area contributed by atoms with Crippen molar-refractivity contribution in [3.8, 4) is 0 Å². The maximum absolute atomic E-state index is 13.8. The average Bonchev–Trinajstić information content (AvgIpc) is 3.56. The summed E-state index contributed by atoms with van der Waals surface area (Å²) < 4.78 is 24.3. The Morgan fingerprint density at radius 3 is 2.53 bits per heavy atom. The molecule has 1 unspecified atom stereocenters. The van der Waals surface area contributed by atoms with Gasteiger partial charge in [-0.05, 0) is 47.9 Å². The number of aliphatic imine (C=N–C) groups is 1. The van der Waals surface area contributed by atoms with Crippen molar-refractivity contribution in [3.05, 3.63) is 121 Å². The van der Waals surface area contributed by atoms with Crippen LogP contribution in [0.2, 0.25) is 0 Å². The smallest absolute Gasteiger partial charge is 0.417 e. The molecule has 2 fully saturated rings. The molecule has 0 spiro atoms. The molecule has 2 aliphatic heterocycles. The highest BCUT2D eigenvalue weighted by Gasteiger charge is 2.42. The zero-order valence-electron chi connectivity index (χ0n) is 24.1. The number of carbonyl (C=O) groups excluding carboxylic acids is 4. The standard InChI is InChI=1S/C33H29FN4O6S/c1-3-43-21(2)19-37-31(41)29(45-32(37)36-26-11-7-10-24(34)18-26)23-12-14-25(15-13-23)35-30(40)27-16-17-28(39)38(27)33(42)44-20-22-8-5-4-6-9-22/h3-15,18,27,29H,1-2,16-17,19-20H2,(H,35,40)/t27-,29?/m0/s1. The summed E-state index contributed by atoms with van der Waals surface area (Å²) in [6, 6.07) is 20.3. The Kier molecular flexibility index (Phi) is 9.73. The minimum absolute atomic E-state index is 0.0149. The van der Waals surface area contributed by atoms with Gasteiger partial charge < -0.3 is 14.8 Å². The van der Waals surface area contributed by atoms with Crippen molar-refractivity contribution in [1.29, 1.82) is 0 Å². The van der Waals surface area contributed by atoms with E-state index >= 15 is 0 Å². The van der Waals surface area contributed by atoms with Crippen molar-refractivity contribution < 1.29 is 33.0 Å². The second-order valence-electron chi connectivity index (χ2n) is 10.1. The number of amidine groups is 1. The van der Waals surface area contributed by atoms with E-state index in [1.807, 2.05) is 6.07 Å². The van der Waals surface area contributed by atoms with E-state index in [0.29, 0.717) is 22.1 Å². The summed E-state index contributed by atoms with van der Waals surface area (Å²) in [6.45, 7) is 7.30. The quantitative estimate of drug-likeness (QED) is 0.271. The third-order valence-corrected chi connectivity index (χ3v) is 8.19. The number of imide groups is 1. The van der Waals surface area contributed by atoms with Crippen molar-refractivity contribution in [2.75, 3.05) is 11.9 Å². The van der Waals surface area contributed by atoms with Crippen LogP contribution in [0, 0.1) is 5.82 Å². The van der Waals surface area contributed by atoms with Gasteiger partial charge in [0.25, 0.3) is 0 Å². The van der Waals surface area contributed by atoms with E-state index in [0.717, 1.165) is 10.5 Å². The topological polar surface area (TPSA) is 118 Å². The summed E-state index contributed by atoms with van der Waals surface area (Å²) >= 11 is 1.19. The van der Waals surface area contributed by atoms with E-state index in [4.69, 9.17) is 9.47 Å². The lowest BCUT2D eigenvalue weighted by atomic mass is 10.1. The van der Waals surface area contributed by atoms with Gasteiger partial charge in [-0.2, -0.15) is 0 Å². The third kappa shape index (κ3) is 7.47. The van der Waals surface area contributed by atoms with Crippen molar-refractivity contribution in [2.24, 2.45) is 4.99 Å². The first-order chi connectivity index (χ1) is 21.7. The molecule has 230 valence electrons. The van der Waals surface area contributed by atoms with Crippen LogP contribution < -0.4 is 5.32 Å². The fraction of sp³-hybridized carbons (Fsp3) is 0.182. The zero-order chi connectivity index (χ0) is 31.9. The Balaban J connectivity index is 1.27. The van der Waals surface area contributed by atoms with Gasteiger partial charge in [0.05, 0.1) is 18.5 Å². The van der Waals surface area contributed by atoms with E-state index in [1.54, 1.807) is 54.6 Å². The SMILES string of the molecule is C=COC(=C)CN1C(=O)C(c2ccc(NC(=O)[C@@H]3CCC(=O)N3C(=O)OCc3ccccc3)cc2)SC1=Nc1cccc(F)c1. The molecule has 45 heavy (non-hydrogen) atoms. The molecule has 2 saturated heterocycles. The monoisotopic (exact) mass is 628 g/mol. The van der Waals surface area contributed by atoms with E-state index < -0.39 is 35.0 Å². The van der Waals surface area contributed by atoms with E-state index in [9.17, 15) is 23.6 Å². The first-order valence-corrected chi connectivity index (χ1v) is 14.8. The number of rotatable bonds is 10. The molecule has 4 amide bonds. The van der Waals surface area contributed by atoms with Crippen molar-refractivity contribution in [3.63, 3.8) is 0 Å². The highest BCUT2D eigenvalue weighted by Crippen LogP contribution is 2.41.